The van der Waals surface area contributed by atoms with E-state index in [1.54, 1.807) is 7.05 Å². The Kier molecular flexibility index (Phi) is 8.67. The smallest absolute Gasteiger partial charge is 0.214 e. The molecule has 0 atom stereocenters. The molecule has 31 heavy (non-hydrogen) atoms. The van der Waals surface area contributed by atoms with Crippen LogP contribution in [0.15, 0.2) is 70.1 Å². The number of oxazole rings is 1. The number of benzene rings is 2. The fraction of sp³-hybridized carbons (Fsp3) is 0.360. The summed E-state index contributed by atoms with van der Waals surface area (Å²) in [7, 11) is 1.78. The van der Waals surface area contributed by atoms with Crippen LogP contribution in [-0.4, -0.2) is 36.0 Å². The van der Waals surface area contributed by atoms with E-state index in [4.69, 9.17) is 4.42 Å². The maximum absolute atomic E-state index is 5.62. The van der Waals surface area contributed by atoms with Crippen LogP contribution in [0.25, 0.3) is 0 Å². The minimum Gasteiger partial charge on any atom is -0.444 e. The first kappa shape index (κ1) is 22.6. The van der Waals surface area contributed by atoms with Gasteiger partial charge in [-0.25, -0.2) is 4.98 Å². The van der Waals surface area contributed by atoms with Crippen LogP contribution < -0.4 is 10.6 Å². The van der Waals surface area contributed by atoms with Crippen LogP contribution >= 0.6 is 0 Å². The Balaban J connectivity index is 1.47. The summed E-state index contributed by atoms with van der Waals surface area (Å²) in [6.45, 7) is 8.09. The van der Waals surface area contributed by atoms with Gasteiger partial charge in [-0.05, 0) is 31.4 Å². The molecule has 3 aromatic rings. The van der Waals surface area contributed by atoms with Gasteiger partial charge in [0.15, 0.2) is 5.96 Å². The van der Waals surface area contributed by atoms with Gasteiger partial charge in [0.1, 0.15) is 5.76 Å². The molecule has 0 amide bonds. The predicted molar refractivity (Wildman–Crippen MR) is 126 cm³/mol. The quantitative estimate of drug-likeness (QED) is 0.295. The van der Waals surface area contributed by atoms with E-state index in [0.29, 0.717) is 12.4 Å². The van der Waals surface area contributed by atoms with Gasteiger partial charge in [0.25, 0.3) is 0 Å². The molecule has 0 unspecified atom stereocenters. The molecule has 6 heteroatoms. The van der Waals surface area contributed by atoms with E-state index < -0.39 is 0 Å². The number of rotatable bonds is 10. The van der Waals surface area contributed by atoms with Crippen molar-refractivity contribution in [1.82, 2.24) is 20.5 Å². The number of guanidine groups is 1. The molecule has 0 fully saturated rings. The van der Waals surface area contributed by atoms with Gasteiger partial charge in [0.05, 0.1) is 12.2 Å². The van der Waals surface area contributed by atoms with Crippen molar-refractivity contribution < 1.29 is 4.42 Å². The summed E-state index contributed by atoms with van der Waals surface area (Å²) in [6, 6.07) is 21.3. The van der Waals surface area contributed by atoms with Gasteiger partial charge in [0.2, 0.25) is 5.89 Å². The fourth-order valence-corrected chi connectivity index (χ4v) is 3.40. The highest BCUT2D eigenvalue weighted by Gasteiger charge is 2.09. The summed E-state index contributed by atoms with van der Waals surface area (Å²) in [5.41, 5.74) is 3.59. The Morgan fingerprint density at radius 3 is 2.06 bits per heavy atom. The predicted octanol–water partition coefficient (Wildman–Crippen LogP) is 4.05. The zero-order chi connectivity index (χ0) is 21.9. The Labute approximate surface area is 185 Å². The summed E-state index contributed by atoms with van der Waals surface area (Å²) in [5, 5.41) is 6.65. The topological polar surface area (TPSA) is 65.7 Å². The van der Waals surface area contributed by atoms with E-state index in [-0.39, 0.29) is 0 Å². The molecule has 0 saturated heterocycles. The van der Waals surface area contributed by atoms with Crippen molar-refractivity contribution >= 4 is 5.96 Å². The van der Waals surface area contributed by atoms with E-state index in [1.165, 1.54) is 11.1 Å². The molecule has 2 N–H and O–H groups in total. The molecule has 1 aromatic heterocycles. The zero-order valence-electron chi connectivity index (χ0n) is 18.8. The Morgan fingerprint density at radius 1 is 0.935 bits per heavy atom. The Hall–Kier alpha value is -3.12. The summed E-state index contributed by atoms with van der Waals surface area (Å²) in [6.07, 6.45) is 1.01. The second-order valence-corrected chi connectivity index (χ2v) is 7.64. The van der Waals surface area contributed by atoms with Gasteiger partial charge in [-0.2, -0.15) is 0 Å². The molecule has 0 saturated carbocycles. The first-order valence-electron chi connectivity index (χ1n) is 10.8. The second kappa shape index (κ2) is 11.9. The summed E-state index contributed by atoms with van der Waals surface area (Å²) >= 11 is 0. The number of nitrogens with one attached hydrogen (secondary N) is 2. The van der Waals surface area contributed by atoms with E-state index in [9.17, 15) is 0 Å². The SMILES string of the molecule is CN=C(NCCCN(Cc1ccccc1)Cc1ccccc1)NCc1nc(C)c(C)o1. The first-order valence-corrected chi connectivity index (χ1v) is 10.8. The lowest BCUT2D eigenvalue weighted by molar-refractivity contribution is 0.254. The largest absolute Gasteiger partial charge is 0.444 e. The van der Waals surface area contributed by atoms with Gasteiger partial charge in [-0.3, -0.25) is 9.89 Å². The summed E-state index contributed by atoms with van der Waals surface area (Å²) in [4.78, 5) is 11.2. The monoisotopic (exact) mass is 419 g/mol. The average Bonchev–Trinajstić information content (AvgIpc) is 3.11. The number of hydrogen-bond acceptors (Lipinski definition) is 4. The van der Waals surface area contributed by atoms with Crippen molar-refractivity contribution in [2.75, 3.05) is 20.1 Å². The molecular formula is C25H33N5O. The first-order chi connectivity index (χ1) is 15.1. The third kappa shape index (κ3) is 7.57. The van der Waals surface area contributed by atoms with Gasteiger partial charge < -0.3 is 15.1 Å². The molecule has 6 nitrogen and oxygen atoms in total. The normalized spacial score (nSPS) is 11.7. The fourth-order valence-electron chi connectivity index (χ4n) is 3.40. The van der Waals surface area contributed by atoms with Crippen LogP contribution in [0.5, 0.6) is 0 Å². The van der Waals surface area contributed by atoms with Crippen LogP contribution in [0, 0.1) is 13.8 Å². The van der Waals surface area contributed by atoms with E-state index in [0.717, 1.165) is 50.0 Å². The molecule has 1 heterocycles. The molecule has 0 radical (unpaired) electrons. The molecule has 0 aliphatic rings. The van der Waals surface area contributed by atoms with Crippen LogP contribution in [0.2, 0.25) is 0 Å². The van der Waals surface area contributed by atoms with Gasteiger partial charge in [-0.1, -0.05) is 60.7 Å². The molecule has 0 aliphatic heterocycles. The lowest BCUT2D eigenvalue weighted by Crippen LogP contribution is -2.38. The lowest BCUT2D eigenvalue weighted by atomic mass is 10.1. The minimum absolute atomic E-state index is 0.516. The highest BCUT2D eigenvalue weighted by molar-refractivity contribution is 5.79. The summed E-state index contributed by atoms with van der Waals surface area (Å²) < 4.78 is 5.62. The number of hydrogen-bond donors (Lipinski definition) is 2. The van der Waals surface area contributed by atoms with Crippen LogP contribution in [0.1, 0.15) is 34.9 Å². The van der Waals surface area contributed by atoms with Crippen molar-refractivity contribution in [3.8, 4) is 0 Å². The van der Waals surface area contributed by atoms with Gasteiger partial charge >= 0.3 is 0 Å². The Morgan fingerprint density at radius 2 is 1.55 bits per heavy atom. The molecule has 164 valence electrons. The molecule has 0 bridgehead atoms. The maximum Gasteiger partial charge on any atom is 0.214 e. The van der Waals surface area contributed by atoms with Crippen molar-refractivity contribution in [1.29, 1.82) is 0 Å². The molecule has 2 aromatic carbocycles. The van der Waals surface area contributed by atoms with E-state index in [2.05, 4.69) is 86.2 Å². The van der Waals surface area contributed by atoms with Crippen LogP contribution in [0.4, 0.5) is 0 Å². The van der Waals surface area contributed by atoms with Crippen molar-refractivity contribution in [3.63, 3.8) is 0 Å². The molecule has 3 rings (SSSR count). The third-order valence-corrected chi connectivity index (χ3v) is 5.15. The van der Waals surface area contributed by atoms with E-state index in [1.807, 2.05) is 13.8 Å². The molecule has 0 spiro atoms. The third-order valence-electron chi connectivity index (χ3n) is 5.15. The lowest BCUT2D eigenvalue weighted by Gasteiger charge is -2.23. The van der Waals surface area contributed by atoms with E-state index >= 15 is 0 Å². The second-order valence-electron chi connectivity index (χ2n) is 7.64. The number of aryl methyl sites for hydroxylation is 2. The highest BCUT2D eigenvalue weighted by atomic mass is 16.4. The van der Waals surface area contributed by atoms with Gasteiger partial charge in [-0.15, -0.1) is 0 Å². The highest BCUT2D eigenvalue weighted by Crippen LogP contribution is 2.11. The summed E-state index contributed by atoms with van der Waals surface area (Å²) in [5.74, 6) is 2.29. The standard InChI is InChI=1S/C25H33N5O/c1-20-21(2)31-24(29-20)17-28-25(26-3)27-15-10-16-30(18-22-11-6-4-7-12-22)19-23-13-8-5-9-14-23/h4-9,11-14H,10,15-19H2,1-3H3,(H2,26,27,28). The zero-order valence-corrected chi connectivity index (χ0v) is 18.8. The average molecular weight is 420 g/mol. The van der Waals surface area contributed by atoms with Crippen LogP contribution in [-0.2, 0) is 19.6 Å². The van der Waals surface area contributed by atoms with Crippen molar-refractivity contribution in [3.05, 3.63) is 89.1 Å². The number of aromatic nitrogens is 1. The maximum atomic E-state index is 5.62. The van der Waals surface area contributed by atoms with Crippen molar-refractivity contribution in [2.45, 2.75) is 39.9 Å². The van der Waals surface area contributed by atoms with Crippen molar-refractivity contribution in [2.24, 2.45) is 4.99 Å². The number of aliphatic imine (C=N–C) groups is 1. The minimum atomic E-state index is 0.516. The van der Waals surface area contributed by atoms with Gasteiger partial charge in [0, 0.05) is 33.2 Å². The molecular weight excluding hydrogens is 386 g/mol. The van der Waals surface area contributed by atoms with Crippen LogP contribution in [0.3, 0.4) is 0 Å². The number of nitrogens with zero attached hydrogens (tertiary/aromatic N) is 3. The molecule has 0 aliphatic carbocycles. The Bertz CT molecular complexity index is 876.